The molecule has 0 aromatic heterocycles. The predicted octanol–water partition coefficient (Wildman–Crippen LogP) is 4.16. The largest absolute Gasteiger partial charge is 0.478 e. The van der Waals surface area contributed by atoms with Gasteiger partial charge in [-0.2, -0.15) is 0 Å². The molecule has 0 fully saturated rings. The molecule has 0 amide bonds. The van der Waals surface area contributed by atoms with Gasteiger partial charge in [0.15, 0.2) is 0 Å². The fraction of sp³-hybridized carbons (Fsp3) is 0.550. The first-order valence-electron chi connectivity index (χ1n) is 8.51. The fourth-order valence-corrected chi connectivity index (χ4v) is 2.25. The van der Waals surface area contributed by atoms with E-state index in [9.17, 15) is 15.0 Å². The van der Waals surface area contributed by atoms with Crippen molar-refractivity contribution in [2.75, 3.05) is 13.2 Å². The van der Waals surface area contributed by atoms with Gasteiger partial charge in [-0.3, -0.25) is 0 Å². The van der Waals surface area contributed by atoms with E-state index in [0.29, 0.717) is 24.8 Å². The minimum Gasteiger partial charge on any atom is -0.478 e. The van der Waals surface area contributed by atoms with Gasteiger partial charge in [0.25, 0.3) is 0 Å². The zero-order valence-electron chi connectivity index (χ0n) is 15.2. The number of hydrogen-bond acceptors (Lipinski definition) is 3. The number of aliphatic hydroxyl groups excluding tert-OH is 2. The monoisotopic (exact) mass is 336 g/mol. The van der Waals surface area contributed by atoms with E-state index < -0.39 is 5.97 Å². The number of carboxylic acid groups (broad SMARTS) is 1. The van der Waals surface area contributed by atoms with Crippen molar-refractivity contribution in [3.8, 4) is 0 Å². The van der Waals surface area contributed by atoms with Crippen LogP contribution in [0.2, 0.25) is 0 Å². The summed E-state index contributed by atoms with van der Waals surface area (Å²) < 4.78 is 0. The molecule has 136 valence electrons. The Kier molecular flexibility index (Phi) is 12.8. The Morgan fingerprint density at radius 3 is 2.00 bits per heavy atom. The fourth-order valence-electron chi connectivity index (χ4n) is 2.25. The first-order chi connectivity index (χ1) is 11.4. The maximum Gasteiger partial charge on any atom is 0.331 e. The topological polar surface area (TPSA) is 77.8 Å². The summed E-state index contributed by atoms with van der Waals surface area (Å²) in [6.07, 6.45) is 11.8. The van der Waals surface area contributed by atoms with Gasteiger partial charge < -0.3 is 15.3 Å². The number of aliphatic hydroxyl groups is 2. The summed E-state index contributed by atoms with van der Waals surface area (Å²) in [6.45, 7) is 6.05. The van der Waals surface area contributed by atoms with Gasteiger partial charge in [0.05, 0.1) is 13.2 Å². The van der Waals surface area contributed by atoms with Crippen LogP contribution >= 0.6 is 0 Å². The molecule has 0 saturated carbocycles. The van der Waals surface area contributed by atoms with E-state index >= 15 is 0 Å². The number of aliphatic carboxylic acids is 1. The lowest BCUT2D eigenvalue weighted by Crippen LogP contribution is -2.01. The molecule has 0 saturated heterocycles. The first-order valence-corrected chi connectivity index (χ1v) is 8.51. The number of carbonyl (C=O) groups is 1. The van der Waals surface area contributed by atoms with Crippen LogP contribution in [0.15, 0.2) is 46.6 Å². The van der Waals surface area contributed by atoms with Crippen LogP contribution in [-0.4, -0.2) is 34.5 Å². The van der Waals surface area contributed by atoms with Gasteiger partial charge in [-0.15, -0.1) is 0 Å². The van der Waals surface area contributed by atoms with E-state index in [0.717, 1.165) is 30.4 Å². The Balaban J connectivity index is 4.51. The smallest absolute Gasteiger partial charge is 0.331 e. The zero-order valence-corrected chi connectivity index (χ0v) is 15.2. The summed E-state index contributed by atoms with van der Waals surface area (Å²) in [5.74, 6) is -0.887. The molecule has 0 aromatic rings. The summed E-state index contributed by atoms with van der Waals surface area (Å²) in [4.78, 5) is 11.3. The molecule has 24 heavy (non-hydrogen) atoms. The molecule has 0 spiro atoms. The van der Waals surface area contributed by atoms with E-state index in [4.69, 9.17) is 5.11 Å². The van der Waals surface area contributed by atoms with Crippen LogP contribution in [0.5, 0.6) is 0 Å². The standard InChI is InChI=1S/C20H32O4/c1-16(2)7-4-9-18(15-22)10-6-12-19(20(23)24)11-5-8-17(3)13-14-21/h7,10-11,13,21-22H,4-6,8-9,12,14-15H2,1-3H3,(H,23,24). The van der Waals surface area contributed by atoms with Crippen LogP contribution < -0.4 is 0 Å². The molecule has 0 heterocycles. The van der Waals surface area contributed by atoms with Crippen LogP contribution in [0.1, 0.15) is 59.3 Å². The number of carboxylic acids is 1. The Morgan fingerprint density at radius 2 is 1.46 bits per heavy atom. The Labute approximate surface area is 145 Å². The molecule has 0 aliphatic carbocycles. The second-order valence-corrected chi connectivity index (χ2v) is 6.19. The molecular formula is C20H32O4. The van der Waals surface area contributed by atoms with Crippen molar-refractivity contribution in [3.63, 3.8) is 0 Å². The normalized spacial score (nSPS) is 13.1. The number of hydrogen-bond donors (Lipinski definition) is 3. The van der Waals surface area contributed by atoms with Crippen molar-refractivity contribution in [1.82, 2.24) is 0 Å². The third-order valence-corrected chi connectivity index (χ3v) is 3.71. The first kappa shape index (κ1) is 22.4. The molecule has 0 aliphatic heterocycles. The average molecular weight is 336 g/mol. The Bertz CT molecular complexity index is 492. The molecular weight excluding hydrogens is 304 g/mol. The van der Waals surface area contributed by atoms with Gasteiger partial charge in [0.1, 0.15) is 0 Å². The molecule has 0 aromatic carbocycles. The predicted molar refractivity (Wildman–Crippen MR) is 98.9 cm³/mol. The zero-order chi connectivity index (χ0) is 18.4. The molecule has 0 rings (SSSR count). The highest BCUT2D eigenvalue weighted by atomic mass is 16.4. The molecule has 4 heteroatoms. The van der Waals surface area contributed by atoms with E-state index in [2.05, 4.69) is 6.08 Å². The van der Waals surface area contributed by atoms with Gasteiger partial charge >= 0.3 is 5.97 Å². The maximum absolute atomic E-state index is 11.3. The van der Waals surface area contributed by atoms with Crippen molar-refractivity contribution in [2.24, 2.45) is 0 Å². The van der Waals surface area contributed by atoms with E-state index in [-0.39, 0.29) is 13.2 Å². The molecule has 0 aliphatic rings. The van der Waals surface area contributed by atoms with E-state index in [1.165, 1.54) is 5.57 Å². The van der Waals surface area contributed by atoms with Crippen molar-refractivity contribution in [1.29, 1.82) is 0 Å². The van der Waals surface area contributed by atoms with Gasteiger partial charge in [0.2, 0.25) is 0 Å². The van der Waals surface area contributed by atoms with Gasteiger partial charge in [-0.05, 0) is 64.9 Å². The van der Waals surface area contributed by atoms with Gasteiger partial charge in [-0.1, -0.05) is 35.5 Å². The van der Waals surface area contributed by atoms with Gasteiger partial charge in [0, 0.05) is 5.57 Å². The SMILES string of the molecule is CC(C)=CCCC(=CCCC(=CCCC(C)=CCO)C(=O)O)CO. The molecule has 4 nitrogen and oxygen atoms in total. The molecule has 0 bridgehead atoms. The summed E-state index contributed by atoms with van der Waals surface area (Å²) in [5, 5.41) is 27.4. The van der Waals surface area contributed by atoms with Crippen LogP contribution in [-0.2, 0) is 4.79 Å². The number of allylic oxidation sites excluding steroid dienone is 5. The second kappa shape index (κ2) is 13.8. The third kappa shape index (κ3) is 11.9. The van der Waals surface area contributed by atoms with Crippen molar-refractivity contribution in [3.05, 3.63) is 46.6 Å². The summed E-state index contributed by atoms with van der Waals surface area (Å²) in [7, 11) is 0. The van der Waals surface area contributed by atoms with Crippen LogP contribution in [0, 0.1) is 0 Å². The maximum atomic E-state index is 11.3. The lowest BCUT2D eigenvalue weighted by molar-refractivity contribution is -0.132. The minimum absolute atomic E-state index is 0.0167. The molecule has 3 N–H and O–H groups in total. The summed E-state index contributed by atoms with van der Waals surface area (Å²) >= 11 is 0. The van der Waals surface area contributed by atoms with Crippen LogP contribution in [0.25, 0.3) is 0 Å². The average Bonchev–Trinajstić information content (AvgIpc) is 2.51. The molecule has 0 radical (unpaired) electrons. The second-order valence-electron chi connectivity index (χ2n) is 6.19. The lowest BCUT2D eigenvalue weighted by atomic mass is 10.0. The Hall–Kier alpha value is -1.65. The van der Waals surface area contributed by atoms with Crippen LogP contribution in [0.3, 0.4) is 0 Å². The lowest BCUT2D eigenvalue weighted by Gasteiger charge is -2.04. The van der Waals surface area contributed by atoms with Crippen LogP contribution in [0.4, 0.5) is 0 Å². The molecule has 0 atom stereocenters. The molecule has 0 unspecified atom stereocenters. The van der Waals surface area contributed by atoms with Gasteiger partial charge in [-0.25, -0.2) is 4.79 Å². The van der Waals surface area contributed by atoms with Crippen molar-refractivity contribution < 1.29 is 20.1 Å². The third-order valence-electron chi connectivity index (χ3n) is 3.71. The highest BCUT2D eigenvalue weighted by Gasteiger charge is 2.06. The minimum atomic E-state index is -0.887. The summed E-state index contributed by atoms with van der Waals surface area (Å²) in [6, 6.07) is 0. The van der Waals surface area contributed by atoms with Crippen molar-refractivity contribution in [2.45, 2.75) is 59.3 Å². The van der Waals surface area contributed by atoms with Crippen molar-refractivity contribution >= 4 is 5.97 Å². The Morgan fingerprint density at radius 1 is 0.833 bits per heavy atom. The highest BCUT2D eigenvalue weighted by molar-refractivity contribution is 5.86. The van der Waals surface area contributed by atoms with E-state index in [1.54, 1.807) is 12.2 Å². The highest BCUT2D eigenvalue weighted by Crippen LogP contribution is 2.14. The van der Waals surface area contributed by atoms with E-state index in [1.807, 2.05) is 26.8 Å². The number of rotatable bonds is 12. The quantitative estimate of drug-likeness (QED) is 0.369. The summed E-state index contributed by atoms with van der Waals surface area (Å²) in [5.41, 5.74) is 3.68.